The number of hydrogen-bond donors (Lipinski definition) is 0. The zero-order valence-corrected chi connectivity index (χ0v) is 23.0. The zero-order chi connectivity index (χ0) is 27.7. The molecular formula is C33H38O7. The lowest BCUT2D eigenvalue weighted by atomic mass is 9.96. The Labute approximate surface area is 236 Å². The molecule has 3 aromatic rings. The van der Waals surface area contributed by atoms with Gasteiger partial charge in [-0.1, -0.05) is 97.9 Å². The van der Waals surface area contributed by atoms with Gasteiger partial charge in [0, 0.05) is 6.42 Å². The van der Waals surface area contributed by atoms with E-state index in [0.29, 0.717) is 39.1 Å². The van der Waals surface area contributed by atoms with Crippen LogP contribution in [0.3, 0.4) is 0 Å². The van der Waals surface area contributed by atoms with E-state index in [1.165, 1.54) is 0 Å². The first-order valence-corrected chi connectivity index (χ1v) is 14.0. The topological polar surface area (TPSA) is 72.5 Å². The molecule has 0 saturated carbocycles. The van der Waals surface area contributed by atoms with Crippen LogP contribution in [-0.4, -0.2) is 49.4 Å². The average Bonchev–Trinajstić information content (AvgIpc) is 3.42. The monoisotopic (exact) mass is 546 g/mol. The molecule has 0 radical (unpaired) electrons. The van der Waals surface area contributed by atoms with Crippen molar-refractivity contribution in [2.24, 2.45) is 0 Å². The summed E-state index contributed by atoms with van der Waals surface area (Å²) in [6.45, 7) is 4.00. The van der Waals surface area contributed by atoms with E-state index in [1.54, 1.807) is 0 Å². The molecule has 4 atom stereocenters. The summed E-state index contributed by atoms with van der Waals surface area (Å²) in [4.78, 5) is 13.6. The largest absolute Gasteiger partial charge is 0.459 e. The Balaban J connectivity index is 1.25. The molecule has 40 heavy (non-hydrogen) atoms. The van der Waals surface area contributed by atoms with Crippen molar-refractivity contribution in [3.05, 3.63) is 108 Å². The molecule has 2 aliphatic rings. The number of benzene rings is 3. The molecule has 0 amide bonds. The molecule has 2 saturated heterocycles. The Bertz CT molecular complexity index is 1190. The summed E-state index contributed by atoms with van der Waals surface area (Å²) in [6, 6.07) is 29.6. The van der Waals surface area contributed by atoms with E-state index in [1.807, 2.05) is 97.9 Å². The van der Waals surface area contributed by atoms with Crippen molar-refractivity contribution in [3.8, 4) is 0 Å². The quantitative estimate of drug-likeness (QED) is 0.274. The van der Waals surface area contributed by atoms with Gasteiger partial charge in [0.1, 0.15) is 12.2 Å². The van der Waals surface area contributed by atoms with Crippen molar-refractivity contribution in [2.45, 2.75) is 69.6 Å². The molecule has 2 fully saturated rings. The molecule has 2 heterocycles. The van der Waals surface area contributed by atoms with Crippen molar-refractivity contribution in [2.75, 3.05) is 19.8 Å². The fourth-order valence-corrected chi connectivity index (χ4v) is 5.09. The molecule has 0 N–H and O–H groups in total. The highest BCUT2D eigenvalue weighted by atomic mass is 16.8. The molecule has 3 aromatic carbocycles. The van der Waals surface area contributed by atoms with Gasteiger partial charge in [0.2, 0.25) is 11.9 Å². The predicted octanol–water partition coefficient (Wildman–Crippen LogP) is 5.60. The van der Waals surface area contributed by atoms with E-state index in [4.69, 9.17) is 28.4 Å². The summed E-state index contributed by atoms with van der Waals surface area (Å²) in [7, 11) is 0. The lowest BCUT2D eigenvalue weighted by molar-refractivity contribution is -0.359. The van der Waals surface area contributed by atoms with Crippen LogP contribution in [-0.2, 0) is 53.0 Å². The van der Waals surface area contributed by atoms with Gasteiger partial charge in [-0.2, -0.15) is 0 Å². The van der Waals surface area contributed by atoms with Gasteiger partial charge < -0.3 is 28.4 Å². The summed E-state index contributed by atoms with van der Waals surface area (Å²) >= 11 is 0. The second-order valence-electron chi connectivity index (χ2n) is 10.5. The summed E-state index contributed by atoms with van der Waals surface area (Å²) in [5, 5.41) is 0. The van der Waals surface area contributed by atoms with Gasteiger partial charge in [-0.25, -0.2) is 4.79 Å². The van der Waals surface area contributed by atoms with Crippen molar-refractivity contribution >= 4 is 5.97 Å². The Morgan fingerprint density at radius 1 is 0.800 bits per heavy atom. The minimum atomic E-state index is -1.23. The average molecular weight is 547 g/mol. The molecule has 212 valence electrons. The van der Waals surface area contributed by atoms with Crippen LogP contribution >= 0.6 is 0 Å². The van der Waals surface area contributed by atoms with Crippen LogP contribution in [0.25, 0.3) is 0 Å². The minimum absolute atomic E-state index is 0.142. The second-order valence-corrected chi connectivity index (χ2v) is 10.5. The van der Waals surface area contributed by atoms with Crippen molar-refractivity contribution in [3.63, 3.8) is 0 Å². The molecule has 7 nitrogen and oxygen atoms in total. The summed E-state index contributed by atoms with van der Waals surface area (Å²) in [5.74, 6) is -1.73. The van der Waals surface area contributed by atoms with E-state index < -0.39 is 23.5 Å². The van der Waals surface area contributed by atoms with Crippen LogP contribution in [0.1, 0.15) is 42.9 Å². The number of hydrogen-bond acceptors (Lipinski definition) is 7. The van der Waals surface area contributed by atoms with E-state index in [9.17, 15) is 4.79 Å². The van der Waals surface area contributed by atoms with Crippen LogP contribution in [0.4, 0.5) is 0 Å². The molecule has 0 bridgehead atoms. The van der Waals surface area contributed by atoms with Gasteiger partial charge in [0.05, 0.1) is 39.1 Å². The molecule has 5 rings (SSSR count). The minimum Gasteiger partial charge on any atom is -0.459 e. The molecule has 0 aliphatic carbocycles. The van der Waals surface area contributed by atoms with Crippen LogP contribution in [0.15, 0.2) is 91.0 Å². The molecule has 3 unspecified atom stereocenters. The highest BCUT2D eigenvalue weighted by Crippen LogP contribution is 2.43. The lowest BCUT2D eigenvalue weighted by Gasteiger charge is -2.47. The summed E-state index contributed by atoms with van der Waals surface area (Å²) < 4.78 is 37.2. The molecular weight excluding hydrogens is 508 g/mol. The highest BCUT2D eigenvalue weighted by Gasteiger charge is 2.59. The van der Waals surface area contributed by atoms with Crippen LogP contribution in [0, 0.1) is 0 Å². The Kier molecular flexibility index (Phi) is 9.62. The third-order valence-electron chi connectivity index (χ3n) is 7.50. The number of rotatable bonds is 12. The van der Waals surface area contributed by atoms with Gasteiger partial charge >= 0.3 is 5.97 Å². The number of ether oxygens (including phenoxy) is 6. The number of esters is 1. The third-order valence-corrected chi connectivity index (χ3v) is 7.50. The van der Waals surface area contributed by atoms with Crippen molar-refractivity contribution < 1.29 is 33.2 Å². The first kappa shape index (κ1) is 28.5. The smallest absolute Gasteiger partial charge is 0.341 e. The lowest BCUT2D eigenvalue weighted by Crippen LogP contribution is -2.63. The number of carbonyl (C=O) groups excluding carboxylic acids is 1. The summed E-state index contributed by atoms with van der Waals surface area (Å²) in [6.07, 6.45) is 0.514. The van der Waals surface area contributed by atoms with Crippen molar-refractivity contribution in [1.82, 2.24) is 0 Å². The first-order chi connectivity index (χ1) is 19.6. The molecule has 1 spiro atoms. The van der Waals surface area contributed by atoms with Crippen LogP contribution < -0.4 is 0 Å². The van der Waals surface area contributed by atoms with Gasteiger partial charge in [-0.05, 0) is 29.5 Å². The van der Waals surface area contributed by atoms with Gasteiger partial charge in [0.25, 0.3) is 0 Å². The van der Waals surface area contributed by atoms with E-state index >= 15 is 0 Å². The Hall–Kier alpha value is -3.07. The second kappa shape index (κ2) is 13.5. The van der Waals surface area contributed by atoms with Crippen LogP contribution in [0.2, 0.25) is 0 Å². The standard InChI is InChI=1S/C33H38O7/c1-2-32(24-36-21-27-14-8-4-9-15-27)25-38-33(30(40-32)31(34)37-22-28-16-10-5-11-17-28)19-18-29(39-33)23-35-20-26-12-6-3-7-13-26/h3-17,29-30H,2,18-25H2,1H3/t29-,30?,32?,33?/m1/s1. The van der Waals surface area contributed by atoms with Gasteiger partial charge in [-0.3, -0.25) is 0 Å². The molecule has 2 aliphatic heterocycles. The third kappa shape index (κ3) is 7.16. The van der Waals surface area contributed by atoms with E-state index in [2.05, 4.69) is 0 Å². The maximum atomic E-state index is 13.6. The molecule has 0 aromatic heterocycles. The predicted molar refractivity (Wildman–Crippen MR) is 149 cm³/mol. The maximum Gasteiger partial charge on any atom is 0.341 e. The van der Waals surface area contributed by atoms with E-state index in [0.717, 1.165) is 16.7 Å². The van der Waals surface area contributed by atoms with E-state index in [-0.39, 0.29) is 25.9 Å². The normalized spacial score (nSPS) is 26.1. The van der Waals surface area contributed by atoms with Crippen molar-refractivity contribution in [1.29, 1.82) is 0 Å². The Morgan fingerprint density at radius 2 is 1.38 bits per heavy atom. The fourth-order valence-electron chi connectivity index (χ4n) is 5.09. The van der Waals surface area contributed by atoms with Gasteiger partial charge in [0.15, 0.2) is 0 Å². The summed E-state index contributed by atoms with van der Waals surface area (Å²) in [5.41, 5.74) is 2.26. The molecule has 7 heteroatoms. The zero-order valence-electron chi connectivity index (χ0n) is 23.0. The Morgan fingerprint density at radius 3 is 1.98 bits per heavy atom. The number of carbonyl (C=O) groups is 1. The van der Waals surface area contributed by atoms with Gasteiger partial charge in [-0.15, -0.1) is 0 Å². The maximum absolute atomic E-state index is 13.6. The fraction of sp³-hybridized carbons (Fsp3) is 0.424. The SMILES string of the molecule is CCC1(COCc2ccccc2)COC2(CC[C@H](COCc3ccccc3)O2)C(C(=O)OCc2ccccc2)O1. The first-order valence-electron chi connectivity index (χ1n) is 14.0. The highest BCUT2D eigenvalue weighted by molar-refractivity contribution is 5.76. The van der Waals surface area contributed by atoms with Crippen LogP contribution in [0.5, 0.6) is 0 Å².